The molecule has 3 rings (SSSR count). The van der Waals surface area contributed by atoms with Gasteiger partial charge in [0.2, 0.25) is 5.91 Å². The van der Waals surface area contributed by atoms with Crippen molar-refractivity contribution in [2.24, 2.45) is 0 Å². The highest BCUT2D eigenvalue weighted by Crippen LogP contribution is 2.19. The normalized spacial score (nSPS) is 12.1. The molecule has 2 aromatic carbocycles. The zero-order valence-corrected chi connectivity index (χ0v) is 16.7. The molecule has 1 aromatic heterocycles. The Balaban J connectivity index is 1.46. The van der Waals surface area contributed by atoms with Crippen molar-refractivity contribution in [3.63, 3.8) is 0 Å². The van der Waals surface area contributed by atoms with Gasteiger partial charge in [-0.15, -0.1) is 0 Å². The van der Waals surface area contributed by atoms with Crippen LogP contribution in [0.25, 0.3) is 11.3 Å². The highest BCUT2D eigenvalue weighted by atomic mass is 16.5. The molecule has 1 N–H and O–H groups in total. The zero-order chi connectivity index (χ0) is 19.9. The molecule has 28 heavy (non-hydrogen) atoms. The molecule has 3 aromatic rings. The first-order valence-corrected chi connectivity index (χ1v) is 9.62. The molecule has 1 heterocycles. The van der Waals surface area contributed by atoms with Gasteiger partial charge in [-0.3, -0.25) is 9.69 Å². The molecule has 146 valence electrons. The van der Waals surface area contributed by atoms with E-state index in [2.05, 4.69) is 15.4 Å². The first kappa shape index (κ1) is 19.8. The van der Waals surface area contributed by atoms with Crippen LogP contribution in [-0.2, 0) is 11.2 Å². The fourth-order valence-electron chi connectivity index (χ4n) is 3.04. The van der Waals surface area contributed by atoms with Gasteiger partial charge in [0.1, 0.15) is 11.5 Å². The molecule has 5 nitrogen and oxygen atoms in total. The average Bonchev–Trinajstić information content (AvgIpc) is 3.17. The summed E-state index contributed by atoms with van der Waals surface area (Å²) in [6.07, 6.45) is 1.68. The van der Waals surface area contributed by atoms with E-state index in [1.54, 1.807) is 0 Å². The maximum atomic E-state index is 12.5. The van der Waals surface area contributed by atoms with Crippen LogP contribution in [0.15, 0.2) is 65.2 Å². The average molecular weight is 377 g/mol. The number of likely N-dealkylation sites (N-methyl/N-ethyl adjacent to an activating group) is 1. The van der Waals surface area contributed by atoms with E-state index in [-0.39, 0.29) is 11.9 Å². The van der Waals surface area contributed by atoms with Crippen LogP contribution in [0.5, 0.6) is 0 Å². The van der Waals surface area contributed by atoms with Crippen LogP contribution in [0.2, 0.25) is 0 Å². The van der Waals surface area contributed by atoms with E-state index in [0.717, 1.165) is 47.7 Å². The predicted octanol–water partition coefficient (Wildman–Crippen LogP) is 4.54. The number of aryl methyl sites for hydroxylation is 2. The van der Waals surface area contributed by atoms with Crippen LogP contribution < -0.4 is 5.32 Å². The second-order valence-corrected chi connectivity index (χ2v) is 7.16. The molecule has 0 aliphatic rings. The number of amides is 1. The fourth-order valence-corrected chi connectivity index (χ4v) is 3.04. The molecule has 1 atom stereocenters. The Morgan fingerprint density at radius 2 is 1.93 bits per heavy atom. The van der Waals surface area contributed by atoms with Gasteiger partial charge in [-0.05, 0) is 51.6 Å². The molecule has 0 spiro atoms. The highest BCUT2D eigenvalue weighted by Gasteiger charge is 2.18. The summed E-state index contributed by atoms with van der Waals surface area (Å²) >= 11 is 0. The van der Waals surface area contributed by atoms with E-state index >= 15 is 0 Å². The number of nitrogens with one attached hydrogen (secondary N) is 1. The minimum Gasteiger partial charge on any atom is -0.361 e. The predicted molar refractivity (Wildman–Crippen MR) is 112 cm³/mol. The Bertz CT molecular complexity index is 905. The summed E-state index contributed by atoms with van der Waals surface area (Å²) in [6, 6.07) is 19.6. The van der Waals surface area contributed by atoms with Crippen molar-refractivity contribution < 1.29 is 9.32 Å². The number of aromatic nitrogens is 1. The van der Waals surface area contributed by atoms with Crippen molar-refractivity contribution in [2.45, 2.75) is 32.7 Å². The van der Waals surface area contributed by atoms with Crippen LogP contribution in [-0.4, -0.2) is 35.6 Å². The van der Waals surface area contributed by atoms with Gasteiger partial charge in [-0.25, -0.2) is 0 Å². The lowest BCUT2D eigenvalue weighted by Gasteiger charge is -2.23. The minimum absolute atomic E-state index is 0.000806. The summed E-state index contributed by atoms with van der Waals surface area (Å²) in [7, 11) is 1.97. The number of anilines is 1. The van der Waals surface area contributed by atoms with Gasteiger partial charge in [0.15, 0.2) is 0 Å². The molecule has 5 heteroatoms. The lowest BCUT2D eigenvalue weighted by atomic mass is 10.1. The largest absolute Gasteiger partial charge is 0.361 e. The van der Waals surface area contributed by atoms with Crippen LogP contribution in [0, 0.1) is 6.92 Å². The Hall–Kier alpha value is -2.92. The van der Waals surface area contributed by atoms with E-state index in [1.807, 2.05) is 81.6 Å². The maximum absolute atomic E-state index is 12.5. The molecule has 0 fully saturated rings. The second-order valence-electron chi connectivity index (χ2n) is 7.16. The minimum atomic E-state index is -0.213. The summed E-state index contributed by atoms with van der Waals surface area (Å²) in [5.41, 5.74) is 3.87. The van der Waals surface area contributed by atoms with E-state index in [1.165, 1.54) is 0 Å². The van der Waals surface area contributed by atoms with E-state index in [4.69, 9.17) is 4.52 Å². The Morgan fingerprint density at radius 1 is 1.14 bits per heavy atom. The van der Waals surface area contributed by atoms with Crippen molar-refractivity contribution in [1.82, 2.24) is 10.1 Å². The molecular formula is C23H27N3O2. The van der Waals surface area contributed by atoms with Crippen molar-refractivity contribution in [1.29, 1.82) is 0 Å². The van der Waals surface area contributed by atoms with Gasteiger partial charge in [-0.1, -0.05) is 47.6 Å². The first-order chi connectivity index (χ1) is 13.5. The van der Waals surface area contributed by atoms with Crippen molar-refractivity contribution >= 4 is 11.6 Å². The van der Waals surface area contributed by atoms with Crippen LogP contribution in [0.3, 0.4) is 0 Å². The van der Waals surface area contributed by atoms with Crippen LogP contribution in [0.1, 0.15) is 24.7 Å². The second kappa shape index (κ2) is 9.33. The third kappa shape index (κ3) is 5.30. The SMILES string of the molecule is Cc1cccc(NC(=O)C(C)N(C)CCCc2cc(-c3ccccc3)no2)c1. The fraction of sp³-hybridized carbons (Fsp3) is 0.304. The van der Waals surface area contributed by atoms with E-state index < -0.39 is 0 Å². The molecule has 1 unspecified atom stereocenters. The quantitative estimate of drug-likeness (QED) is 0.626. The third-order valence-electron chi connectivity index (χ3n) is 4.89. The van der Waals surface area contributed by atoms with Gasteiger partial charge >= 0.3 is 0 Å². The van der Waals surface area contributed by atoms with Crippen LogP contribution in [0.4, 0.5) is 5.69 Å². The lowest BCUT2D eigenvalue weighted by molar-refractivity contribution is -0.120. The summed E-state index contributed by atoms with van der Waals surface area (Å²) in [4.78, 5) is 14.5. The number of carbonyl (C=O) groups is 1. The van der Waals surface area contributed by atoms with Gasteiger partial charge < -0.3 is 9.84 Å². The number of hydrogen-bond acceptors (Lipinski definition) is 4. The molecule has 0 bridgehead atoms. The first-order valence-electron chi connectivity index (χ1n) is 9.62. The monoisotopic (exact) mass is 377 g/mol. The number of hydrogen-bond donors (Lipinski definition) is 1. The lowest BCUT2D eigenvalue weighted by Crippen LogP contribution is -2.40. The Kier molecular flexibility index (Phi) is 6.61. The summed E-state index contributed by atoms with van der Waals surface area (Å²) < 4.78 is 5.45. The standard InChI is InChI=1S/C23H27N3O2/c1-17-9-7-12-20(15-17)24-23(27)18(2)26(3)14-8-13-21-16-22(25-28-21)19-10-5-4-6-11-19/h4-7,9-12,15-16,18H,8,13-14H2,1-3H3,(H,24,27). The highest BCUT2D eigenvalue weighted by molar-refractivity contribution is 5.94. The third-order valence-corrected chi connectivity index (χ3v) is 4.89. The smallest absolute Gasteiger partial charge is 0.241 e. The number of carbonyl (C=O) groups excluding carboxylic acids is 1. The van der Waals surface area contributed by atoms with Gasteiger partial charge in [0.25, 0.3) is 0 Å². The maximum Gasteiger partial charge on any atom is 0.241 e. The molecule has 0 aliphatic carbocycles. The van der Waals surface area contributed by atoms with Gasteiger partial charge in [0.05, 0.1) is 6.04 Å². The van der Waals surface area contributed by atoms with E-state index in [0.29, 0.717) is 0 Å². The summed E-state index contributed by atoms with van der Waals surface area (Å²) in [6.45, 7) is 4.73. The number of nitrogens with zero attached hydrogens (tertiary/aromatic N) is 2. The molecular weight excluding hydrogens is 350 g/mol. The Morgan fingerprint density at radius 3 is 2.68 bits per heavy atom. The number of rotatable bonds is 8. The zero-order valence-electron chi connectivity index (χ0n) is 16.7. The van der Waals surface area contributed by atoms with Crippen molar-refractivity contribution in [3.8, 4) is 11.3 Å². The van der Waals surface area contributed by atoms with E-state index in [9.17, 15) is 4.79 Å². The molecule has 0 aliphatic heterocycles. The molecule has 0 saturated carbocycles. The summed E-state index contributed by atoms with van der Waals surface area (Å²) in [5.74, 6) is 0.864. The van der Waals surface area contributed by atoms with Crippen molar-refractivity contribution in [2.75, 3.05) is 18.9 Å². The molecule has 0 saturated heterocycles. The molecule has 1 amide bonds. The van der Waals surface area contributed by atoms with Crippen LogP contribution >= 0.6 is 0 Å². The van der Waals surface area contributed by atoms with Gasteiger partial charge in [0, 0.05) is 23.7 Å². The number of benzene rings is 2. The molecule has 0 radical (unpaired) electrons. The summed E-state index contributed by atoms with van der Waals surface area (Å²) in [5, 5.41) is 7.13. The Labute approximate surface area is 166 Å². The van der Waals surface area contributed by atoms with Crippen molar-refractivity contribution in [3.05, 3.63) is 72.0 Å². The topological polar surface area (TPSA) is 58.4 Å². The van der Waals surface area contributed by atoms with Gasteiger partial charge in [-0.2, -0.15) is 0 Å².